The molecule has 96 valence electrons. The highest BCUT2D eigenvalue weighted by atomic mass is 32.2. The van der Waals surface area contributed by atoms with Gasteiger partial charge in [-0.3, -0.25) is 5.10 Å². The molecular weight excluding hydrogens is 250 g/mol. The number of hydrogen-bond acceptors (Lipinski definition) is 4. The number of aromatic nitrogens is 2. The predicted molar refractivity (Wildman–Crippen MR) is 71.0 cm³/mol. The molecule has 0 spiro atoms. The van der Waals surface area contributed by atoms with Gasteiger partial charge in [0, 0.05) is 17.9 Å². The smallest absolute Gasteiger partial charge is 0.176 e. The van der Waals surface area contributed by atoms with E-state index in [9.17, 15) is 8.42 Å². The first kappa shape index (κ1) is 12.6. The van der Waals surface area contributed by atoms with E-state index < -0.39 is 9.84 Å². The number of anilines is 1. The van der Waals surface area contributed by atoms with Gasteiger partial charge in [-0.25, -0.2) is 8.42 Å². The van der Waals surface area contributed by atoms with Crippen molar-refractivity contribution in [2.75, 3.05) is 12.0 Å². The Labute approximate surface area is 106 Å². The fourth-order valence-electron chi connectivity index (χ4n) is 1.78. The summed E-state index contributed by atoms with van der Waals surface area (Å²) < 4.78 is 23.7. The van der Waals surface area contributed by atoms with E-state index >= 15 is 0 Å². The maximum absolute atomic E-state index is 11.8. The van der Waals surface area contributed by atoms with Gasteiger partial charge in [-0.15, -0.1) is 0 Å². The molecule has 5 nitrogen and oxygen atoms in total. The number of benzene rings is 1. The van der Waals surface area contributed by atoms with Crippen molar-refractivity contribution in [2.45, 2.75) is 18.7 Å². The standard InChI is InChI=1S/C12H15N3O2S/c1-7-4-9(10-6-12(13)15-14-10)11(5-8(7)2)18(3,16)17/h4-6H,1-3H3,(H3,13,14,15). The van der Waals surface area contributed by atoms with Crippen molar-refractivity contribution < 1.29 is 8.42 Å². The van der Waals surface area contributed by atoms with Crippen LogP contribution in [-0.4, -0.2) is 24.9 Å². The van der Waals surface area contributed by atoms with Gasteiger partial charge in [0.05, 0.1) is 10.6 Å². The van der Waals surface area contributed by atoms with Gasteiger partial charge in [-0.05, 0) is 37.1 Å². The van der Waals surface area contributed by atoms with Gasteiger partial charge in [-0.2, -0.15) is 5.10 Å². The van der Waals surface area contributed by atoms with Gasteiger partial charge in [0.2, 0.25) is 0 Å². The lowest BCUT2D eigenvalue weighted by Crippen LogP contribution is -2.02. The van der Waals surface area contributed by atoms with E-state index in [1.807, 2.05) is 19.9 Å². The number of rotatable bonds is 2. The number of nitrogens with two attached hydrogens (primary N) is 1. The van der Waals surface area contributed by atoms with Crippen LogP contribution in [0.1, 0.15) is 11.1 Å². The molecule has 1 heterocycles. The monoisotopic (exact) mass is 265 g/mol. The second-order valence-electron chi connectivity index (χ2n) is 4.41. The molecule has 0 fully saturated rings. The molecule has 3 N–H and O–H groups in total. The molecule has 0 radical (unpaired) electrons. The Hall–Kier alpha value is -1.82. The first-order chi connectivity index (χ1) is 8.29. The topological polar surface area (TPSA) is 88.8 Å². The SMILES string of the molecule is Cc1cc(-c2cc(N)n[nH]2)c(S(C)(=O)=O)cc1C. The van der Waals surface area contributed by atoms with E-state index in [0.717, 1.165) is 11.1 Å². The summed E-state index contributed by atoms with van der Waals surface area (Å²) in [4.78, 5) is 0.286. The van der Waals surface area contributed by atoms with Gasteiger partial charge in [0.25, 0.3) is 0 Å². The van der Waals surface area contributed by atoms with Crippen molar-refractivity contribution >= 4 is 15.7 Å². The van der Waals surface area contributed by atoms with Crippen LogP contribution >= 0.6 is 0 Å². The quantitative estimate of drug-likeness (QED) is 0.864. The van der Waals surface area contributed by atoms with Crippen LogP contribution in [0.2, 0.25) is 0 Å². The van der Waals surface area contributed by atoms with E-state index in [1.54, 1.807) is 12.1 Å². The van der Waals surface area contributed by atoms with Crippen LogP contribution in [0.25, 0.3) is 11.3 Å². The Morgan fingerprint density at radius 3 is 2.28 bits per heavy atom. The minimum atomic E-state index is -3.30. The third kappa shape index (κ3) is 2.24. The van der Waals surface area contributed by atoms with Gasteiger partial charge in [-0.1, -0.05) is 0 Å². The molecule has 0 unspecified atom stereocenters. The summed E-state index contributed by atoms with van der Waals surface area (Å²) in [7, 11) is -3.30. The predicted octanol–water partition coefficient (Wildman–Crippen LogP) is 1.68. The summed E-state index contributed by atoms with van der Waals surface area (Å²) in [5.74, 6) is 0.336. The number of sulfone groups is 1. The number of aryl methyl sites for hydroxylation is 2. The van der Waals surface area contributed by atoms with Crippen molar-refractivity contribution in [3.63, 3.8) is 0 Å². The van der Waals surface area contributed by atoms with Crippen LogP contribution in [0.3, 0.4) is 0 Å². The second-order valence-corrected chi connectivity index (χ2v) is 6.40. The summed E-state index contributed by atoms with van der Waals surface area (Å²) >= 11 is 0. The number of nitrogens with zero attached hydrogens (tertiary/aromatic N) is 1. The summed E-state index contributed by atoms with van der Waals surface area (Å²) in [6.07, 6.45) is 1.19. The maximum atomic E-state index is 11.8. The van der Waals surface area contributed by atoms with Crippen molar-refractivity contribution in [3.05, 3.63) is 29.3 Å². The highest BCUT2D eigenvalue weighted by Gasteiger charge is 2.17. The van der Waals surface area contributed by atoms with Crippen LogP contribution in [0, 0.1) is 13.8 Å². The third-order valence-electron chi connectivity index (χ3n) is 2.88. The van der Waals surface area contributed by atoms with E-state index in [2.05, 4.69) is 10.2 Å². The number of nitrogen functional groups attached to an aromatic ring is 1. The number of nitrogens with one attached hydrogen (secondary N) is 1. The molecule has 0 saturated carbocycles. The largest absolute Gasteiger partial charge is 0.382 e. The first-order valence-electron chi connectivity index (χ1n) is 5.41. The summed E-state index contributed by atoms with van der Waals surface area (Å²) in [5, 5.41) is 6.57. The molecule has 6 heteroatoms. The Morgan fingerprint density at radius 1 is 1.17 bits per heavy atom. The van der Waals surface area contributed by atoms with Crippen molar-refractivity contribution in [1.82, 2.24) is 10.2 Å². The van der Waals surface area contributed by atoms with E-state index in [1.165, 1.54) is 6.26 Å². The molecule has 0 aliphatic heterocycles. The summed E-state index contributed by atoms with van der Waals surface area (Å²) in [6, 6.07) is 5.13. The number of hydrogen-bond donors (Lipinski definition) is 2. The van der Waals surface area contributed by atoms with Crippen molar-refractivity contribution in [1.29, 1.82) is 0 Å². The molecule has 0 aliphatic carbocycles. The van der Waals surface area contributed by atoms with Crippen LogP contribution in [0.5, 0.6) is 0 Å². The average molecular weight is 265 g/mol. The van der Waals surface area contributed by atoms with Crippen molar-refractivity contribution in [3.8, 4) is 11.3 Å². The first-order valence-corrected chi connectivity index (χ1v) is 7.31. The van der Waals surface area contributed by atoms with Gasteiger partial charge in [0.1, 0.15) is 5.82 Å². The van der Waals surface area contributed by atoms with Gasteiger partial charge in [0.15, 0.2) is 9.84 Å². The van der Waals surface area contributed by atoms with E-state index in [4.69, 9.17) is 5.73 Å². The molecule has 1 aromatic carbocycles. The van der Waals surface area contributed by atoms with Gasteiger partial charge < -0.3 is 5.73 Å². The molecule has 0 saturated heterocycles. The molecule has 18 heavy (non-hydrogen) atoms. The highest BCUT2D eigenvalue weighted by Crippen LogP contribution is 2.29. The Balaban J connectivity index is 2.77. The number of aromatic amines is 1. The molecule has 0 atom stereocenters. The fourth-order valence-corrected chi connectivity index (χ4v) is 2.74. The van der Waals surface area contributed by atoms with E-state index in [-0.39, 0.29) is 4.90 Å². The minimum absolute atomic E-state index is 0.286. The van der Waals surface area contributed by atoms with Crippen molar-refractivity contribution in [2.24, 2.45) is 0 Å². The van der Waals surface area contributed by atoms with Crippen LogP contribution < -0.4 is 5.73 Å². The minimum Gasteiger partial charge on any atom is -0.382 e. The Bertz CT molecular complexity index is 702. The van der Waals surface area contributed by atoms with Crippen LogP contribution in [0.15, 0.2) is 23.1 Å². The molecule has 0 amide bonds. The Morgan fingerprint density at radius 2 is 1.78 bits per heavy atom. The highest BCUT2D eigenvalue weighted by molar-refractivity contribution is 7.90. The lowest BCUT2D eigenvalue weighted by atomic mass is 10.0. The lowest BCUT2D eigenvalue weighted by molar-refractivity contribution is 0.602. The molecule has 0 aliphatic rings. The third-order valence-corrected chi connectivity index (χ3v) is 4.02. The molecule has 0 bridgehead atoms. The summed E-state index contributed by atoms with van der Waals surface area (Å²) in [5.41, 5.74) is 8.72. The zero-order chi connectivity index (χ0) is 13.5. The average Bonchev–Trinajstić information content (AvgIpc) is 2.67. The van der Waals surface area contributed by atoms with Crippen LogP contribution in [-0.2, 0) is 9.84 Å². The maximum Gasteiger partial charge on any atom is 0.176 e. The van der Waals surface area contributed by atoms with Crippen LogP contribution in [0.4, 0.5) is 5.82 Å². The zero-order valence-electron chi connectivity index (χ0n) is 10.5. The molecule has 2 rings (SSSR count). The molecular formula is C12H15N3O2S. The number of H-pyrrole nitrogens is 1. The molecule has 2 aromatic rings. The second kappa shape index (κ2) is 4.13. The lowest BCUT2D eigenvalue weighted by Gasteiger charge is -2.10. The normalized spacial score (nSPS) is 11.7. The molecule has 1 aromatic heterocycles. The van der Waals surface area contributed by atoms with Gasteiger partial charge >= 0.3 is 0 Å². The Kier molecular flexibility index (Phi) is 2.90. The van der Waals surface area contributed by atoms with E-state index in [0.29, 0.717) is 17.1 Å². The zero-order valence-corrected chi connectivity index (χ0v) is 11.3. The summed E-state index contributed by atoms with van der Waals surface area (Å²) in [6.45, 7) is 3.82. The fraction of sp³-hybridized carbons (Fsp3) is 0.250.